The van der Waals surface area contributed by atoms with Gasteiger partial charge in [0.1, 0.15) is 0 Å². The summed E-state index contributed by atoms with van der Waals surface area (Å²) in [6, 6.07) is 6.33. The molecule has 0 amide bonds. The van der Waals surface area contributed by atoms with Gasteiger partial charge in [0.05, 0.1) is 19.4 Å². The van der Waals surface area contributed by atoms with Crippen molar-refractivity contribution >= 4 is 5.78 Å². The van der Waals surface area contributed by atoms with Crippen molar-refractivity contribution in [2.75, 3.05) is 13.7 Å². The van der Waals surface area contributed by atoms with E-state index < -0.39 is 0 Å². The average Bonchev–Trinajstić information content (AvgIpc) is 3.04. The van der Waals surface area contributed by atoms with E-state index in [9.17, 15) is 4.79 Å². The van der Waals surface area contributed by atoms with E-state index in [1.807, 2.05) is 32.2 Å². The van der Waals surface area contributed by atoms with E-state index in [0.29, 0.717) is 18.9 Å². The van der Waals surface area contributed by atoms with Crippen molar-refractivity contribution in [1.29, 1.82) is 0 Å². The molecule has 0 spiro atoms. The minimum Gasteiger partial charge on any atom is -0.493 e. The Kier molecular flexibility index (Phi) is 4.39. The fraction of sp³-hybridized carbons (Fsp3) is 0.450. The highest BCUT2D eigenvalue weighted by molar-refractivity contribution is 6.02. The van der Waals surface area contributed by atoms with Crippen molar-refractivity contribution in [3.05, 3.63) is 35.5 Å². The second-order valence-corrected chi connectivity index (χ2v) is 6.31. The third-order valence-electron chi connectivity index (χ3n) is 5.08. The number of methoxy groups -OCH3 is 1. The van der Waals surface area contributed by atoms with Gasteiger partial charge in [-0.25, -0.2) is 0 Å². The molecule has 3 rings (SSSR count). The Morgan fingerprint density at radius 2 is 1.96 bits per heavy atom. The number of hydrogen-bond donors (Lipinski definition) is 0. The smallest absolute Gasteiger partial charge is 0.164 e. The fourth-order valence-corrected chi connectivity index (χ4v) is 3.57. The van der Waals surface area contributed by atoms with Crippen LogP contribution in [0.5, 0.6) is 11.5 Å². The van der Waals surface area contributed by atoms with Gasteiger partial charge >= 0.3 is 0 Å². The lowest BCUT2D eigenvalue weighted by atomic mass is 9.84. The van der Waals surface area contributed by atoms with Crippen molar-refractivity contribution in [1.82, 2.24) is 4.57 Å². The zero-order valence-electron chi connectivity index (χ0n) is 15.1. The number of hydrogen-bond acceptors (Lipinski definition) is 3. The number of ether oxygens (including phenoxy) is 2. The minimum absolute atomic E-state index is 0.172. The predicted molar refractivity (Wildman–Crippen MR) is 95.3 cm³/mol. The highest BCUT2D eigenvalue weighted by Gasteiger charge is 2.32. The van der Waals surface area contributed by atoms with Gasteiger partial charge in [-0.15, -0.1) is 0 Å². The Labute approximate surface area is 143 Å². The third-order valence-corrected chi connectivity index (χ3v) is 5.08. The Bertz CT molecular complexity index is 775. The van der Waals surface area contributed by atoms with Gasteiger partial charge in [-0.1, -0.05) is 13.8 Å². The van der Waals surface area contributed by atoms with Crippen LogP contribution in [0.15, 0.2) is 24.4 Å². The molecule has 4 nitrogen and oxygen atoms in total. The first-order valence-corrected chi connectivity index (χ1v) is 8.62. The highest BCUT2D eigenvalue weighted by atomic mass is 16.5. The molecule has 1 aromatic carbocycles. The molecule has 2 unspecified atom stereocenters. The lowest BCUT2D eigenvalue weighted by molar-refractivity contribution is 0.0988. The number of nitrogens with zero attached hydrogens (tertiary/aromatic N) is 1. The first kappa shape index (κ1) is 16.6. The van der Waals surface area contributed by atoms with Crippen LogP contribution >= 0.6 is 0 Å². The average molecular weight is 327 g/mol. The number of benzene rings is 1. The third kappa shape index (κ3) is 2.41. The molecule has 4 heteroatoms. The number of ketones is 1. The van der Waals surface area contributed by atoms with E-state index in [2.05, 4.69) is 24.5 Å². The van der Waals surface area contributed by atoms with E-state index >= 15 is 0 Å². The summed E-state index contributed by atoms with van der Waals surface area (Å²) in [7, 11) is 1.66. The molecule has 1 aliphatic rings. The summed E-state index contributed by atoms with van der Waals surface area (Å²) in [5, 5.41) is 0. The van der Waals surface area contributed by atoms with Crippen LogP contribution in [0.2, 0.25) is 0 Å². The van der Waals surface area contributed by atoms with Crippen molar-refractivity contribution in [2.45, 2.75) is 46.1 Å². The van der Waals surface area contributed by atoms with Gasteiger partial charge in [0.15, 0.2) is 17.3 Å². The summed E-state index contributed by atoms with van der Waals surface area (Å²) < 4.78 is 13.5. The molecule has 2 heterocycles. The zero-order chi connectivity index (χ0) is 17.4. The van der Waals surface area contributed by atoms with Crippen molar-refractivity contribution in [2.24, 2.45) is 0 Å². The van der Waals surface area contributed by atoms with Crippen LogP contribution in [0.1, 0.15) is 62.0 Å². The molecule has 128 valence electrons. The Morgan fingerprint density at radius 3 is 2.58 bits per heavy atom. The molecule has 2 aromatic rings. The number of fused-ring (bicyclic) bond motifs is 3. The van der Waals surface area contributed by atoms with Crippen LogP contribution in [0.3, 0.4) is 0 Å². The summed E-state index contributed by atoms with van der Waals surface area (Å²) in [5.41, 5.74) is 4.09. The summed E-state index contributed by atoms with van der Waals surface area (Å²) in [4.78, 5) is 12.4. The van der Waals surface area contributed by atoms with Crippen molar-refractivity contribution < 1.29 is 14.3 Å². The molecule has 0 aliphatic carbocycles. The SMILES string of the molecule is CCOc1cc2c(cc1OC)C(C)C(C)n1ccc(C(=O)CC)c1-2. The molecular weight excluding hydrogens is 302 g/mol. The minimum atomic E-state index is 0.172. The molecular formula is C20H25NO3. The number of carbonyl (C=O) groups is 1. The number of aromatic nitrogens is 1. The summed E-state index contributed by atoms with van der Waals surface area (Å²) in [6.07, 6.45) is 2.54. The van der Waals surface area contributed by atoms with E-state index in [1.165, 1.54) is 5.56 Å². The molecule has 0 fully saturated rings. The summed E-state index contributed by atoms with van der Waals surface area (Å²) >= 11 is 0. The van der Waals surface area contributed by atoms with Gasteiger partial charge in [-0.2, -0.15) is 0 Å². The Balaban J connectivity index is 2.28. The van der Waals surface area contributed by atoms with E-state index in [-0.39, 0.29) is 11.8 Å². The van der Waals surface area contributed by atoms with E-state index in [0.717, 1.165) is 28.3 Å². The van der Waals surface area contributed by atoms with Gasteiger partial charge in [-0.05, 0) is 37.6 Å². The molecule has 0 radical (unpaired) electrons. The van der Waals surface area contributed by atoms with E-state index in [1.54, 1.807) is 7.11 Å². The van der Waals surface area contributed by atoms with Crippen LogP contribution < -0.4 is 9.47 Å². The first-order chi connectivity index (χ1) is 11.5. The monoisotopic (exact) mass is 327 g/mol. The number of carbonyl (C=O) groups excluding carboxylic acids is 1. The number of rotatable bonds is 5. The summed E-state index contributed by atoms with van der Waals surface area (Å²) in [5.74, 6) is 1.97. The van der Waals surface area contributed by atoms with Crippen molar-refractivity contribution in [3.63, 3.8) is 0 Å². The molecule has 0 saturated carbocycles. The second kappa shape index (κ2) is 6.34. The van der Waals surface area contributed by atoms with Crippen LogP contribution in [0, 0.1) is 0 Å². The van der Waals surface area contributed by atoms with Crippen LogP contribution in [0.4, 0.5) is 0 Å². The maximum Gasteiger partial charge on any atom is 0.164 e. The first-order valence-electron chi connectivity index (χ1n) is 8.62. The number of Topliss-reactive ketones (excluding diaryl/α,β-unsaturated/α-hetero) is 1. The lowest BCUT2D eigenvalue weighted by Crippen LogP contribution is -2.20. The Morgan fingerprint density at radius 1 is 1.21 bits per heavy atom. The van der Waals surface area contributed by atoms with Crippen LogP contribution in [-0.4, -0.2) is 24.1 Å². The summed E-state index contributed by atoms with van der Waals surface area (Å²) in [6.45, 7) is 8.84. The molecule has 1 aliphatic heterocycles. The molecule has 2 atom stereocenters. The van der Waals surface area contributed by atoms with Gasteiger partial charge in [0, 0.05) is 35.7 Å². The van der Waals surface area contributed by atoms with Crippen LogP contribution in [0.25, 0.3) is 11.3 Å². The molecule has 24 heavy (non-hydrogen) atoms. The quantitative estimate of drug-likeness (QED) is 0.738. The molecule has 1 aromatic heterocycles. The van der Waals surface area contributed by atoms with Gasteiger partial charge < -0.3 is 14.0 Å². The lowest BCUT2D eigenvalue weighted by Gasteiger charge is -2.33. The topological polar surface area (TPSA) is 40.5 Å². The maximum atomic E-state index is 12.4. The molecule has 0 bridgehead atoms. The maximum absolute atomic E-state index is 12.4. The second-order valence-electron chi connectivity index (χ2n) is 6.31. The van der Waals surface area contributed by atoms with Gasteiger partial charge in [0.25, 0.3) is 0 Å². The Hall–Kier alpha value is -2.23. The van der Waals surface area contributed by atoms with E-state index in [4.69, 9.17) is 9.47 Å². The predicted octanol–water partition coefficient (Wildman–Crippen LogP) is 4.83. The molecule has 0 N–H and O–H groups in total. The highest BCUT2D eigenvalue weighted by Crippen LogP contribution is 2.48. The standard InChI is InChI=1S/C20H25NO3/c1-6-17(22)14-8-9-21-13(4)12(3)15-10-18(23-5)19(24-7-2)11-16(15)20(14)21/h8-13H,6-7H2,1-5H3. The normalized spacial score (nSPS) is 18.7. The van der Waals surface area contributed by atoms with Gasteiger partial charge in [0.2, 0.25) is 0 Å². The van der Waals surface area contributed by atoms with Gasteiger partial charge in [-0.3, -0.25) is 4.79 Å². The largest absolute Gasteiger partial charge is 0.493 e. The van der Waals surface area contributed by atoms with Crippen LogP contribution in [-0.2, 0) is 0 Å². The molecule has 0 saturated heterocycles. The van der Waals surface area contributed by atoms with Crippen molar-refractivity contribution in [3.8, 4) is 22.8 Å². The fourth-order valence-electron chi connectivity index (χ4n) is 3.57. The zero-order valence-corrected chi connectivity index (χ0v) is 15.1.